The Labute approximate surface area is 98.8 Å². The molecule has 0 aliphatic heterocycles. The Bertz CT molecular complexity index is 310. The zero-order valence-corrected chi connectivity index (χ0v) is 10.7. The second-order valence-corrected chi connectivity index (χ2v) is 4.40. The van der Waals surface area contributed by atoms with Gasteiger partial charge in [0.15, 0.2) is 0 Å². The molecular weight excluding hydrogens is 198 g/mol. The lowest BCUT2D eigenvalue weighted by Gasteiger charge is -2.16. The molecular formula is C13H23N3. The average Bonchev–Trinajstić information content (AvgIpc) is 2.27. The van der Waals surface area contributed by atoms with Crippen molar-refractivity contribution in [1.29, 1.82) is 0 Å². The van der Waals surface area contributed by atoms with Crippen LogP contribution < -0.4 is 15.5 Å². The molecule has 3 nitrogen and oxygen atoms in total. The lowest BCUT2D eigenvalue weighted by Crippen LogP contribution is -2.34. The highest BCUT2D eigenvalue weighted by Gasteiger charge is 2.01. The topological polar surface area (TPSA) is 27.3 Å². The minimum Gasteiger partial charge on any atom is -0.378 e. The Balaban J connectivity index is 2.50. The fourth-order valence-corrected chi connectivity index (χ4v) is 1.62. The Kier molecular flexibility index (Phi) is 5.29. The van der Waals surface area contributed by atoms with E-state index >= 15 is 0 Å². The molecule has 1 rings (SSSR count). The monoisotopic (exact) mass is 221 g/mol. The van der Waals surface area contributed by atoms with Crippen LogP contribution in [0.15, 0.2) is 24.3 Å². The van der Waals surface area contributed by atoms with E-state index in [4.69, 9.17) is 0 Å². The van der Waals surface area contributed by atoms with Gasteiger partial charge in [0, 0.05) is 38.9 Å². The van der Waals surface area contributed by atoms with E-state index in [1.165, 1.54) is 11.3 Å². The molecule has 0 saturated carbocycles. The fourth-order valence-electron chi connectivity index (χ4n) is 1.62. The minimum atomic E-state index is 0.494. The maximum atomic E-state index is 3.48. The van der Waals surface area contributed by atoms with Crippen molar-refractivity contribution >= 4 is 5.69 Å². The third kappa shape index (κ3) is 4.21. The summed E-state index contributed by atoms with van der Waals surface area (Å²) >= 11 is 0. The van der Waals surface area contributed by atoms with Crippen LogP contribution in [0.25, 0.3) is 0 Å². The van der Waals surface area contributed by atoms with Gasteiger partial charge in [0.2, 0.25) is 0 Å². The highest BCUT2D eigenvalue weighted by molar-refractivity contribution is 5.47. The summed E-state index contributed by atoms with van der Waals surface area (Å²) < 4.78 is 0. The van der Waals surface area contributed by atoms with Crippen LogP contribution in [0.5, 0.6) is 0 Å². The standard InChI is InChI=1S/C13H23N3/c1-11(9-14-2)15-10-12-6-5-7-13(8-12)16(3)4/h5-8,11,14-15H,9-10H2,1-4H3. The van der Waals surface area contributed by atoms with Crippen LogP contribution >= 0.6 is 0 Å². The summed E-state index contributed by atoms with van der Waals surface area (Å²) in [7, 11) is 6.11. The summed E-state index contributed by atoms with van der Waals surface area (Å²) in [6.45, 7) is 4.10. The van der Waals surface area contributed by atoms with E-state index in [2.05, 4.69) is 60.8 Å². The molecule has 1 aromatic rings. The molecule has 90 valence electrons. The predicted octanol–water partition coefficient (Wildman–Crippen LogP) is 1.45. The van der Waals surface area contributed by atoms with Gasteiger partial charge in [0.05, 0.1) is 0 Å². The molecule has 0 radical (unpaired) electrons. The Morgan fingerprint density at radius 3 is 2.69 bits per heavy atom. The summed E-state index contributed by atoms with van der Waals surface area (Å²) in [6.07, 6.45) is 0. The van der Waals surface area contributed by atoms with Gasteiger partial charge in [-0.2, -0.15) is 0 Å². The molecule has 0 bridgehead atoms. The summed E-state index contributed by atoms with van der Waals surface area (Å²) in [6, 6.07) is 9.11. The van der Waals surface area contributed by atoms with Gasteiger partial charge in [-0.05, 0) is 31.7 Å². The van der Waals surface area contributed by atoms with Crippen molar-refractivity contribution in [2.45, 2.75) is 19.5 Å². The Morgan fingerprint density at radius 1 is 1.31 bits per heavy atom. The first kappa shape index (κ1) is 13.0. The number of rotatable bonds is 6. The number of nitrogens with one attached hydrogen (secondary N) is 2. The highest BCUT2D eigenvalue weighted by atomic mass is 15.1. The number of benzene rings is 1. The molecule has 0 spiro atoms. The van der Waals surface area contributed by atoms with Gasteiger partial charge in [-0.15, -0.1) is 0 Å². The summed E-state index contributed by atoms with van der Waals surface area (Å²) in [5.41, 5.74) is 2.58. The number of nitrogens with zero attached hydrogens (tertiary/aromatic N) is 1. The minimum absolute atomic E-state index is 0.494. The Morgan fingerprint density at radius 2 is 2.06 bits per heavy atom. The van der Waals surface area contributed by atoms with Gasteiger partial charge in [-0.3, -0.25) is 0 Å². The van der Waals surface area contributed by atoms with Crippen LogP contribution in [0.1, 0.15) is 12.5 Å². The first-order valence-corrected chi connectivity index (χ1v) is 5.77. The molecule has 1 aromatic carbocycles. The molecule has 0 aliphatic rings. The van der Waals surface area contributed by atoms with E-state index in [0.717, 1.165) is 13.1 Å². The van der Waals surface area contributed by atoms with Gasteiger partial charge in [0.1, 0.15) is 0 Å². The smallest absolute Gasteiger partial charge is 0.0364 e. The van der Waals surface area contributed by atoms with Gasteiger partial charge >= 0.3 is 0 Å². The summed E-state index contributed by atoms with van der Waals surface area (Å²) in [4.78, 5) is 2.13. The number of hydrogen-bond donors (Lipinski definition) is 2. The first-order valence-electron chi connectivity index (χ1n) is 5.77. The molecule has 2 N–H and O–H groups in total. The van der Waals surface area contributed by atoms with Crippen molar-refractivity contribution in [1.82, 2.24) is 10.6 Å². The van der Waals surface area contributed by atoms with Crippen molar-refractivity contribution in [2.75, 3.05) is 32.6 Å². The average molecular weight is 221 g/mol. The van der Waals surface area contributed by atoms with Crippen LogP contribution in [-0.2, 0) is 6.54 Å². The zero-order valence-electron chi connectivity index (χ0n) is 10.7. The van der Waals surface area contributed by atoms with Gasteiger partial charge in [0.25, 0.3) is 0 Å². The van der Waals surface area contributed by atoms with Crippen LogP contribution in [0.2, 0.25) is 0 Å². The van der Waals surface area contributed by atoms with Crippen molar-refractivity contribution in [3.8, 4) is 0 Å². The van der Waals surface area contributed by atoms with Crippen LogP contribution in [0, 0.1) is 0 Å². The number of anilines is 1. The fraction of sp³-hybridized carbons (Fsp3) is 0.538. The van der Waals surface area contributed by atoms with E-state index in [9.17, 15) is 0 Å². The molecule has 0 fully saturated rings. The second-order valence-electron chi connectivity index (χ2n) is 4.40. The van der Waals surface area contributed by atoms with Crippen LogP contribution in [-0.4, -0.2) is 33.7 Å². The molecule has 1 atom stereocenters. The Hall–Kier alpha value is -1.06. The predicted molar refractivity (Wildman–Crippen MR) is 71.0 cm³/mol. The van der Waals surface area contributed by atoms with E-state index in [0.29, 0.717) is 6.04 Å². The highest BCUT2D eigenvalue weighted by Crippen LogP contribution is 2.13. The summed E-state index contributed by atoms with van der Waals surface area (Å²) in [5, 5.41) is 6.65. The van der Waals surface area contributed by atoms with Crippen molar-refractivity contribution in [3.63, 3.8) is 0 Å². The second kappa shape index (κ2) is 6.51. The van der Waals surface area contributed by atoms with Crippen molar-refractivity contribution in [2.24, 2.45) is 0 Å². The van der Waals surface area contributed by atoms with E-state index in [-0.39, 0.29) is 0 Å². The van der Waals surface area contributed by atoms with Crippen molar-refractivity contribution in [3.05, 3.63) is 29.8 Å². The summed E-state index contributed by atoms with van der Waals surface area (Å²) in [5.74, 6) is 0. The number of hydrogen-bond acceptors (Lipinski definition) is 3. The lowest BCUT2D eigenvalue weighted by atomic mass is 10.2. The van der Waals surface area contributed by atoms with E-state index in [1.54, 1.807) is 0 Å². The van der Waals surface area contributed by atoms with Crippen molar-refractivity contribution < 1.29 is 0 Å². The molecule has 0 amide bonds. The lowest BCUT2D eigenvalue weighted by molar-refractivity contribution is 0.523. The molecule has 0 heterocycles. The third-order valence-corrected chi connectivity index (χ3v) is 2.59. The number of likely N-dealkylation sites (N-methyl/N-ethyl adjacent to an activating group) is 1. The normalized spacial score (nSPS) is 12.5. The SMILES string of the molecule is CNCC(C)NCc1cccc(N(C)C)c1. The first-order chi connectivity index (χ1) is 7.63. The van der Waals surface area contributed by atoms with E-state index in [1.807, 2.05) is 7.05 Å². The van der Waals surface area contributed by atoms with Gasteiger partial charge in [-0.25, -0.2) is 0 Å². The molecule has 1 unspecified atom stereocenters. The third-order valence-electron chi connectivity index (χ3n) is 2.59. The largest absolute Gasteiger partial charge is 0.378 e. The maximum Gasteiger partial charge on any atom is 0.0364 e. The van der Waals surface area contributed by atoms with Gasteiger partial charge < -0.3 is 15.5 Å². The van der Waals surface area contributed by atoms with E-state index < -0.39 is 0 Å². The molecule has 0 saturated heterocycles. The van der Waals surface area contributed by atoms with Gasteiger partial charge in [-0.1, -0.05) is 12.1 Å². The molecule has 0 aliphatic carbocycles. The van der Waals surface area contributed by atoms with Crippen LogP contribution in [0.3, 0.4) is 0 Å². The molecule has 16 heavy (non-hydrogen) atoms. The van der Waals surface area contributed by atoms with Crippen LogP contribution in [0.4, 0.5) is 5.69 Å². The quantitative estimate of drug-likeness (QED) is 0.761. The molecule has 3 heteroatoms. The maximum absolute atomic E-state index is 3.48. The molecule has 0 aromatic heterocycles. The zero-order chi connectivity index (χ0) is 12.0.